The normalized spacial score (nSPS) is 10.7. The van der Waals surface area contributed by atoms with Gasteiger partial charge < -0.3 is 4.74 Å². The molecular weight excluding hydrogens is 226 g/mol. The zero-order valence-electron chi connectivity index (χ0n) is 10.1. The van der Waals surface area contributed by atoms with E-state index in [0.29, 0.717) is 0 Å². The highest BCUT2D eigenvalue weighted by Gasteiger charge is 2.05. The highest BCUT2D eigenvalue weighted by molar-refractivity contribution is 5.43. The minimum absolute atomic E-state index is 0.741. The van der Waals surface area contributed by atoms with Crippen LogP contribution in [0.15, 0.2) is 48.7 Å². The minimum Gasteiger partial charge on any atom is -0.497 e. The van der Waals surface area contributed by atoms with E-state index in [-0.39, 0.29) is 0 Å². The van der Waals surface area contributed by atoms with Gasteiger partial charge in [0.15, 0.2) is 11.5 Å². The van der Waals surface area contributed by atoms with Crippen LogP contribution in [0.1, 0.15) is 11.4 Å². The van der Waals surface area contributed by atoms with E-state index in [4.69, 9.17) is 4.74 Å². The third kappa shape index (κ3) is 2.05. The molecule has 3 aromatic rings. The summed E-state index contributed by atoms with van der Waals surface area (Å²) in [5.74, 6) is 1.61. The Bertz CT molecular complexity index is 661. The number of benzene rings is 1. The first kappa shape index (κ1) is 10.8. The van der Waals surface area contributed by atoms with Crippen LogP contribution in [-0.2, 0) is 6.42 Å². The Morgan fingerprint density at radius 1 is 1.17 bits per heavy atom. The molecule has 0 radical (unpaired) electrons. The van der Waals surface area contributed by atoms with Gasteiger partial charge in [-0.1, -0.05) is 30.3 Å². The quantitative estimate of drug-likeness (QED) is 0.704. The standard InChI is InChI=1S/C14H13N3O/c1-18-12-7-8-17-14(10-12)15-13(16-17)9-11-5-3-2-4-6-11/h2-8,10H,9H2,1H3. The van der Waals surface area contributed by atoms with E-state index in [2.05, 4.69) is 22.2 Å². The van der Waals surface area contributed by atoms with Crippen molar-refractivity contribution in [3.05, 3.63) is 60.0 Å². The third-order valence-electron chi connectivity index (χ3n) is 2.79. The number of aromatic nitrogens is 3. The lowest BCUT2D eigenvalue weighted by molar-refractivity contribution is 0.414. The lowest BCUT2D eigenvalue weighted by atomic mass is 10.1. The Kier molecular flexibility index (Phi) is 2.68. The molecule has 90 valence electrons. The van der Waals surface area contributed by atoms with Crippen molar-refractivity contribution in [1.29, 1.82) is 0 Å². The first-order valence-electron chi connectivity index (χ1n) is 5.78. The van der Waals surface area contributed by atoms with Crippen molar-refractivity contribution in [3.63, 3.8) is 0 Å². The van der Waals surface area contributed by atoms with Crippen LogP contribution < -0.4 is 4.74 Å². The van der Waals surface area contributed by atoms with Crippen LogP contribution in [0.2, 0.25) is 0 Å². The summed E-state index contributed by atoms with van der Waals surface area (Å²) in [5.41, 5.74) is 2.01. The lowest BCUT2D eigenvalue weighted by Crippen LogP contribution is -1.91. The van der Waals surface area contributed by atoms with Crippen LogP contribution >= 0.6 is 0 Å². The van der Waals surface area contributed by atoms with E-state index in [9.17, 15) is 0 Å². The summed E-state index contributed by atoms with van der Waals surface area (Å²) < 4.78 is 6.93. The monoisotopic (exact) mass is 239 g/mol. The van der Waals surface area contributed by atoms with Crippen molar-refractivity contribution in [1.82, 2.24) is 14.6 Å². The molecule has 18 heavy (non-hydrogen) atoms. The molecule has 0 atom stereocenters. The van der Waals surface area contributed by atoms with Crippen LogP contribution in [0.3, 0.4) is 0 Å². The number of nitrogens with zero attached hydrogens (tertiary/aromatic N) is 3. The molecule has 0 aliphatic heterocycles. The largest absolute Gasteiger partial charge is 0.497 e. The molecule has 0 bridgehead atoms. The van der Waals surface area contributed by atoms with Gasteiger partial charge >= 0.3 is 0 Å². The van der Waals surface area contributed by atoms with E-state index in [1.807, 2.05) is 36.5 Å². The van der Waals surface area contributed by atoms with Gasteiger partial charge in [-0.3, -0.25) is 0 Å². The SMILES string of the molecule is COc1ccn2nc(Cc3ccccc3)nc2c1. The van der Waals surface area contributed by atoms with Gasteiger partial charge in [-0.25, -0.2) is 9.50 Å². The molecule has 2 heterocycles. The van der Waals surface area contributed by atoms with Crippen molar-refractivity contribution in [2.24, 2.45) is 0 Å². The first-order valence-corrected chi connectivity index (χ1v) is 5.78. The number of hydrogen-bond acceptors (Lipinski definition) is 3. The molecule has 0 aliphatic carbocycles. The molecule has 0 saturated heterocycles. The fraction of sp³-hybridized carbons (Fsp3) is 0.143. The summed E-state index contributed by atoms with van der Waals surface area (Å²) in [6, 6.07) is 13.9. The average molecular weight is 239 g/mol. The predicted octanol–water partition coefficient (Wildman–Crippen LogP) is 2.33. The van der Waals surface area contributed by atoms with Crippen LogP contribution in [0, 0.1) is 0 Å². The molecule has 0 amide bonds. The van der Waals surface area contributed by atoms with Crippen molar-refractivity contribution in [2.75, 3.05) is 7.11 Å². The summed E-state index contributed by atoms with van der Waals surface area (Å²) in [5, 5.41) is 4.43. The molecule has 0 saturated carbocycles. The molecule has 1 aromatic carbocycles. The van der Waals surface area contributed by atoms with Gasteiger partial charge in [-0.15, -0.1) is 0 Å². The molecule has 2 aromatic heterocycles. The zero-order chi connectivity index (χ0) is 12.4. The summed E-state index contributed by atoms with van der Waals surface area (Å²) in [4.78, 5) is 4.49. The average Bonchev–Trinajstić information content (AvgIpc) is 2.80. The number of methoxy groups -OCH3 is 1. The van der Waals surface area contributed by atoms with Gasteiger partial charge in [0.05, 0.1) is 7.11 Å². The van der Waals surface area contributed by atoms with Crippen molar-refractivity contribution in [2.45, 2.75) is 6.42 Å². The van der Waals surface area contributed by atoms with Crippen molar-refractivity contribution < 1.29 is 4.74 Å². The molecule has 0 aliphatic rings. The predicted molar refractivity (Wildman–Crippen MR) is 68.8 cm³/mol. The summed E-state index contributed by atoms with van der Waals surface area (Å²) >= 11 is 0. The Hall–Kier alpha value is -2.36. The number of fused-ring (bicyclic) bond motifs is 1. The van der Waals surface area contributed by atoms with Crippen LogP contribution in [0.25, 0.3) is 5.65 Å². The van der Waals surface area contributed by atoms with E-state index >= 15 is 0 Å². The highest BCUT2D eigenvalue weighted by atomic mass is 16.5. The molecule has 3 rings (SSSR count). The lowest BCUT2D eigenvalue weighted by Gasteiger charge is -1.97. The van der Waals surface area contributed by atoms with Gasteiger partial charge in [0, 0.05) is 18.7 Å². The molecule has 4 heteroatoms. The van der Waals surface area contributed by atoms with Crippen LogP contribution in [0.5, 0.6) is 5.75 Å². The maximum absolute atomic E-state index is 5.17. The highest BCUT2D eigenvalue weighted by Crippen LogP contribution is 2.13. The topological polar surface area (TPSA) is 39.4 Å². The number of ether oxygens (including phenoxy) is 1. The van der Waals surface area contributed by atoms with Crippen molar-refractivity contribution >= 4 is 5.65 Å². The fourth-order valence-electron chi connectivity index (χ4n) is 1.89. The summed E-state index contributed by atoms with van der Waals surface area (Å²) in [6.07, 6.45) is 2.60. The van der Waals surface area contributed by atoms with Crippen LogP contribution in [-0.4, -0.2) is 21.7 Å². The molecule has 0 unspecified atom stereocenters. The Balaban J connectivity index is 1.94. The Labute approximate surface area is 105 Å². The smallest absolute Gasteiger partial charge is 0.159 e. The second kappa shape index (κ2) is 4.49. The van der Waals surface area contributed by atoms with Gasteiger partial charge in [0.1, 0.15) is 5.75 Å². The zero-order valence-corrected chi connectivity index (χ0v) is 10.1. The molecular formula is C14H13N3O. The Morgan fingerprint density at radius 2 is 2.00 bits per heavy atom. The molecule has 0 N–H and O–H groups in total. The van der Waals surface area contributed by atoms with Crippen molar-refractivity contribution in [3.8, 4) is 5.75 Å². The summed E-state index contributed by atoms with van der Waals surface area (Å²) in [7, 11) is 1.65. The van der Waals surface area contributed by atoms with Crippen LogP contribution in [0.4, 0.5) is 0 Å². The third-order valence-corrected chi connectivity index (χ3v) is 2.79. The van der Waals surface area contributed by atoms with Gasteiger partial charge in [0.2, 0.25) is 0 Å². The minimum atomic E-state index is 0.741. The van der Waals surface area contributed by atoms with E-state index < -0.39 is 0 Å². The van der Waals surface area contributed by atoms with Gasteiger partial charge in [-0.05, 0) is 11.6 Å². The number of hydrogen-bond donors (Lipinski definition) is 0. The fourth-order valence-corrected chi connectivity index (χ4v) is 1.89. The maximum Gasteiger partial charge on any atom is 0.159 e. The van der Waals surface area contributed by atoms with Gasteiger partial charge in [-0.2, -0.15) is 5.10 Å². The number of rotatable bonds is 3. The second-order valence-corrected chi connectivity index (χ2v) is 4.06. The Morgan fingerprint density at radius 3 is 2.78 bits per heavy atom. The van der Waals surface area contributed by atoms with Gasteiger partial charge in [0.25, 0.3) is 0 Å². The molecule has 4 nitrogen and oxygen atoms in total. The van der Waals surface area contributed by atoms with E-state index in [0.717, 1.165) is 23.6 Å². The summed E-state index contributed by atoms with van der Waals surface area (Å²) in [6.45, 7) is 0. The van der Waals surface area contributed by atoms with E-state index in [1.165, 1.54) is 5.56 Å². The molecule has 0 spiro atoms. The number of pyridine rings is 1. The van der Waals surface area contributed by atoms with E-state index in [1.54, 1.807) is 11.6 Å². The first-order chi connectivity index (χ1) is 8.85. The molecule has 0 fully saturated rings. The maximum atomic E-state index is 5.17. The second-order valence-electron chi connectivity index (χ2n) is 4.06.